The van der Waals surface area contributed by atoms with Crippen LogP contribution in [0, 0.1) is 0 Å². The molecule has 2 aromatic rings. The van der Waals surface area contributed by atoms with Crippen LogP contribution in [-0.4, -0.2) is 42.1 Å². The number of hydrogen-bond donors (Lipinski definition) is 3. The summed E-state index contributed by atoms with van der Waals surface area (Å²) in [5, 5.41) is 4.36. The van der Waals surface area contributed by atoms with E-state index in [4.69, 9.17) is 13.8 Å². The minimum Gasteiger partial charge on any atom is -0.497 e. The van der Waals surface area contributed by atoms with Gasteiger partial charge in [-0.15, -0.1) is 4.68 Å². The predicted molar refractivity (Wildman–Crippen MR) is 87.0 cm³/mol. The number of nitrogens with one attached hydrogen (secondary N) is 3. The van der Waals surface area contributed by atoms with Crippen molar-refractivity contribution in [2.24, 2.45) is 0 Å². The van der Waals surface area contributed by atoms with Crippen LogP contribution in [0.5, 0.6) is 5.75 Å². The lowest BCUT2D eigenvalue weighted by molar-refractivity contribution is 0.229. The highest BCUT2D eigenvalue weighted by molar-refractivity contribution is 7.54. The first-order valence-electron chi connectivity index (χ1n) is 6.92. The molecule has 0 aliphatic carbocycles. The van der Waals surface area contributed by atoms with E-state index in [0.717, 1.165) is 14.2 Å². The van der Waals surface area contributed by atoms with Crippen LogP contribution in [0.15, 0.2) is 33.9 Å². The van der Waals surface area contributed by atoms with Crippen molar-refractivity contribution in [2.45, 2.75) is 5.78 Å². The summed E-state index contributed by atoms with van der Waals surface area (Å²) in [5.74, 6) is -0.684. The Labute approximate surface area is 141 Å². The van der Waals surface area contributed by atoms with Crippen LogP contribution in [0.1, 0.15) is 11.3 Å². The molecule has 0 aliphatic heterocycles. The molecule has 0 fully saturated rings. The third-order valence-electron chi connectivity index (χ3n) is 3.36. The highest BCUT2D eigenvalue weighted by Crippen LogP contribution is 2.58. The molecule has 136 valence electrons. The van der Waals surface area contributed by atoms with Gasteiger partial charge in [-0.2, -0.15) is 0 Å². The Kier molecular flexibility index (Phi) is 5.62. The van der Waals surface area contributed by atoms with E-state index in [9.17, 15) is 18.9 Å². The van der Waals surface area contributed by atoms with Gasteiger partial charge in [0.1, 0.15) is 5.75 Å². The Hall–Kier alpha value is -2.62. The molecule has 0 saturated carbocycles. The Balaban J connectivity index is 2.42. The molecule has 1 aromatic heterocycles. The van der Waals surface area contributed by atoms with Gasteiger partial charge in [-0.1, -0.05) is 12.1 Å². The monoisotopic (exact) mass is 372 g/mol. The maximum Gasteiger partial charge on any atom is 0.356 e. The zero-order chi connectivity index (χ0) is 18.6. The Bertz CT molecular complexity index is 890. The van der Waals surface area contributed by atoms with Crippen LogP contribution < -0.4 is 21.4 Å². The van der Waals surface area contributed by atoms with E-state index in [2.05, 4.69) is 5.32 Å². The van der Waals surface area contributed by atoms with E-state index in [1.165, 1.54) is 7.11 Å². The van der Waals surface area contributed by atoms with Crippen LogP contribution in [-0.2, 0) is 13.6 Å². The lowest BCUT2D eigenvalue weighted by Gasteiger charge is -2.25. The Morgan fingerprint density at radius 2 is 1.76 bits per heavy atom. The first kappa shape index (κ1) is 18.7. The second-order valence-corrected chi connectivity index (χ2v) is 7.06. The van der Waals surface area contributed by atoms with E-state index < -0.39 is 30.8 Å². The molecule has 25 heavy (non-hydrogen) atoms. The minimum atomic E-state index is -3.81. The summed E-state index contributed by atoms with van der Waals surface area (Å²) < 4.78 is 28.2. The molecule has 1 unspecified atom stereocenters. The quantitative estimate of drug-likeness (QED) is 0.630. The predicted octanol–water partition coefficient (Wildman–Crippen LogP) is 0.616. The Morgan fingerprint density at radius 3 is 2.20 bits per heavy atom. The highest BCUT2D eigenvalue weighted by Gasteiger charge is 2.37. The van der Waals surface area contributed by atoms with Crippen molar-refractivity contribution >= 4 is 13.6 Å². The fourth-order valence-electron chi connectivity index (χ4n) is 2.07. The summed E-state index contributed by atoms with van der Waals surface area (Å²) in [6.45, 7) is 0. The fourth-order valence-corrected chi connectivity index (χ4v) is 3.45. The molecule has 1 heterocycles. The fraction of sp³-hybridized carbons (Fsp3) is 0.308. The van der Waals surface area contributed by atoms with Gasteiger partial charge in [0, 0.05) is 14.2 Å². The molecule has 1 atom stereocenters. The van der Waals surface area contributed by atoms with Gasteiger partial charge in [0.2, 0.25) is 0 Å². The van der Waals surface area contributed by atoms with Gasteiger partial charge < -0.3 is 19.1 Å². The van der Waals surface area contributed by atoms with Crippen LogP contribution >= 0.6 is 7.60 Å². The third-order valence-corrected chi connectivity index (χ3v) is 5.43. The third kappa shape index (κ3) is 3.90. The number of aromatic nitrogens is 3. The van der Waals surface area contributed by atoms with Crippen molar-refractivity contribution < 1.29 is 23.1 Å². The maximum absolute atomic E-state index is 12.8. The van der Waals surface area contributed by atoms with Gasteiger partial charge in [-0.05, 0) is 17.7 Å². The number of carbonyl (C=O) groups is 1. The van der Waals surface area contributed by atoms with Crippen molar-refractivity contribution in [3.05, 3.63) is 50.8 Å². The van der Waals surface area contributed by atoms with Gasteiger partial charge in [-0.25, -0.2) is 19.5 Å². The summed E-state index contributed by atoms with van der Waals surface area (Å²) in [5.41, 5.74) is -1.45. The summed E-state index contributed by atoms with van der Waals surface area (Å²) >= 11 is 0. The van der Waals surface area contributed by atoms with Gasteiger partial charge in [-0.3, -0.25) is 9.55 Å². The molecule has 12 heteroatoms. The van der Waals surface area contributed by atoms with Crippen molar-refractivity contribution in [1.29, 1.82) is 0 Å². The van der Waals surface area contributed by atoms with Crippen molar-refractivity contribution in [1.82, 2.24) is 20.1 Å². The summed E-state index contributed by atoms with van der Waals surface area (Å²) in [6.07, 6.45) is 0. The van der Waals surface area contributed by atoms with E-state index in [1.54, 1.807) is 24.3 Å². The maximum atomic E-state index is 12.8. The van der Waals surface area contributed by atoms with Crippen LogP contribution in [0.2, 0.25) is 0 Å². The average molecular weight is 372 g/mol. The number of hydrogen-bond acceptors (Lipinski definition) is 7. The lowest BCUT2D eigenvalue weighted by atomic mass is 10.2. The van der Waals surface area contributed by atoms with Gasteiger partial charge >= 0.3 is 25.0 Å². The van der Waals surface area contributed by atoms with Crippen molar-refractivity contribution in [3.8, 4) is 5.75 Å². The molecular formula is C13H17N4O7P. The number of amides is 1. The number of H-pyrrole nitrogens is 2. The molecule has 1 aromatic carbocycles. The van der Waals surface area contributed by atoms with E-state index in [-0.39, 0.29) is 0 Å². The normalized spacial score (nSPS) is 12.6. The van der Waals surface area contributed by atoms with Crippen LogP contribution in [0.4, 0.5) is 4.79 Å². The number of ether oxygens (including phenoxy) is 1. The summed E-state index contributed by atoms with van der Waals surface area (Å²) in [6, 6.07) is 5.27. The zero-order valence-electron chi connectivity index (χ0n) is 13.6. The second-order valence-electron chi connectivity index (χ2n) is 4.74. The lowest BCUT2D eigenvalue weighted by Crippen LogP contribution is -2.38. The molecule has 0 aliphatic rings. The number of methoxy groups -OCH3 is 1. The van der Waals surface area contributed by atoms with Crippen LogP contribution in [0.3, 0.4) is 0 Å². The van der Waals surface area contributed by atoms with E-state index in [0.29, 0.717) is 16.0 Å². The SMILES string of the molecule is COc1ccc(C(NC(=O)n2[nH]c(=O)[nH]c2=O)P(=O)(OC)OC)cc1. The molecule has 3 N–H and O–H groups in total. The number of carbonyl (C=O) groups excluding carboxylic acids is 1. The first-order valence-corrected chi connectivity index (χ1v) is 8.53. The molecule has 0 spiro atoms. The second kappa shape index (κ2) is 7.51. The molecule has 11 nitrogen and oxygen atoms in total. The van der Waals surface area contributed by atoms with E-state index in [1.807, 2.05) is 10.1 Å². The molecule has 0 bridgehead atoms. The number of benzene rings is 1. The summed E-state index contributed by atoms with van der Waals surface area (Å²) in [4.78, 5) is 36.8. The highest BCUT2D eigenvalue weighted by atomic mass is 31.2. The molecular weight excluding hydrogens is 355 g/mol. The smallest absolute Gasteiger partial charge is 0.356 e. The molecule has 0 saturated heterocycles. The van der Waals surface area contributed by atoms with Gasteiger partial charge in [0.25, 0.3) is 0 Å². The van der Waals surface area contributed by atoms with Crippen molar-refractivity contribution in [2.75, 3.05) is 21.3 Å². The molecule has 1 amide bonds. The Morgan fingerprint density at radius 1 is 1.16 bits per heavy atom. The standard InChI is InChI=1S/C13H17N4O7P/c1-22-9-6-4-8(5-7-9)10(25(21,23-2)24-3)14-12(19)17-13(20)15-11(18)16-17/h4-7,10H,1-3H3,(H,14,19)(H2,15,16,18,20). The summed E-state index contributed by atoms with van der Waals surface area (Å²) in [7, 11) is 0.00247. The molecule has 2 rings (SSSR count). The first-order chi connectivity index (χ1) is 11.8. The van der Waals surface area contributed by atoms with Crippen molar-refractivity contribution in [3.63, 3.8) is 0 Å². The van der Waals surface area contributed by atoms with Gasteiger partial charge in [0.05, 0.1) is 7.11 Å². The van der Waals surface area contributed by atoms with Crippen LogP contribution in [0.25, 0.3) is 0 Å². The topological polar surface area (TPSA) is 145 Å². The van der Waals surface area contributed by atoms with Gasteiger partial charge in [0.15, 0.2) is 5.78 Å². The number of nitrogens with zero attached hydrogens (tertiary/aromatic N) is 1. The zero-order valence-corrected chi connectivity index (χ0v) is 14.5. The largest absolute Gasteiger partial charge is 0.497 e. The molecule has 0 radical (unpaired) electrons. The number of rotatable bonds is 6. The van der Waals surface area contributed by atoms with E-state index >= 15 is 0 Å². The average Bonchev–Trinajstić information content (AvgIpc) is 2.97. The number of aromatic amines is 2. The minimum absolute atomic E-state index is 0.382.